The zero-order valence-corrected chi connectivity index (χ0v) is 17.1. The molecule has 2 aromatic rings. The predicted octanol–water partition coefficient (Wildman–Crippen LogP) is 2.34. The number of carbonyl (C=O) groups excluding carboxylic acids is 2. The highest BCUT2D eigenvalue weighted by atomic mass is 16.2. The van der Waals surface area contributed by atoms with Gasteiger partial charge < -0.3 is 19.7 Å². The van der Waals surface area contributed by atoms with Gasteiger partial charge in [-0.2, -0.15) is 0 Å². The molecule has 6 heteroatoms. The van der Waals surface area contributed by atoms with Gasteiger partial charge in [0.05, 0.1) is 12.2 Å². The Morgan fingerprint density at radius 1 is 1.18 bits per heavy atom. The summed E-state index contributed by atoms with van der Waals surface area (Å²) in [5.74, 6) is 0.0911. The lowest BCUT2D eigenvalue weighted by atomic mass is 9.83. The van der Waals surface area contributed by atoms with Crippen LogP contribution in [0.4, 0.5) is 0 Å². The molecule has 0 aliphatic carbocycles. The van der Waals surface area contributed by atoms with Crippen molar-refractivity contribution in [3.8, 4) is 0 Å². The van der Waals surface area contributed by atoms with Gasteiger partial charge in [-0.3, -0.25) is 9.59 Å². The van der Waals surface area contributed by atoms with Gasteiger partial charge in [0.25, 0.3) is 5.91 Å². The fraction of sp³-hybridized carbons (Fsp3) is 0.545. The smallest absolute Gasteiger partial charge is 0.254 e. The summed E-state index contributed by atoms with van der Waals surface area (Å²) in [5, 5.41) is 1.16. The number of carbonyl (C=O) groups is 2. The predicted molar refractivity (Wildman–Crippen MR) is 110 cm³/mol. The second kappa shape index (κ2) is 7.24. The van der Waals surface area contributed by atoms with Crippen molar-refractivity contribution < 1.29 is 9.59 Å². The number of piperazine rings is 1. The molecule has 6 nitrogen and oxygen atoms in total. The molecule has 2 amide bonds. The fourth-order valence-electron chi connectivity index (χ4n) is 4.89. The molecule has 1 fully saturated rings. The van der Waals surface area contributed by atoms with Crippen LogP contribution in [0, 0.1) is 0 Å². The number of nitrogens with zero attached hydrogens (tertiary/aromatic N) is 3. The minimum absolute atomic E-state index is 0.0409. The van der Waals surface area contributed by atoms with E-state index in [1.54, 1.807) is 9.80 Å². The first-order valence-electron chi connectivity index (χ1n) is 10.4. The molecule has 3 heterocycles. The summed E-state index contributed by atoms with van der Waals surface area (Å²) in [5.41, 5.74) is 2.18. The third-order valence-corrected chi connectivity index (χ3v) is 6.55. The van der Waals surface area contributed by atoms with E-state index in [9.17, 15) is 9.59 Å². The van der Waals surface area contributed by atoms with Gasteiger partial charge in [-0.25, -0.2) is 0 Å². The number of aromatic amines is 1. The van der Waals surface area contributed by atoms with Crippen LogP contribution >= 0.6 is 0 Å². The molecule has 0 saturated carbocycles. The molecule has 2 aliphatic heterocycles. The van der Waals surface area contributed by atoms with Crippen LogP contribution in [0.15, 0.2) is 24.3 Å². The van der Waals surface area contributed by atoms with E-state index in [-0.39, 0.29) is 18.4 Å². The summed E-state index contributed by atoms with van der Waals surface area (Å²) in [6.45, 7) is 10.6. The van der Waals surface area contributed by atoms with E-state index in [4.69, 9.17) is 0 Å². The Hall–Kier alpha value is -2.34. The molecule has 0 unspecified atom stereocenters. The van der Waals surface area contributed by atoms with Crippen molar-refractivity contribution in [1.29, 1.82) is 0 Å². The van der Waals surface area contributed by atoms with Gasteiger partial charge in [-0.15, -0.1) is 0 Å². The Kier molecular flexibility index (Phi) is 4.91. The first kappa shape index (κ1) is 19.0. The first-order chi connectivity index (χ1) is 13.5. The molecular formula is C22H30N4O2. The maximum Gasteiger partial charge on any atom is 0.254 e. The summed E-state index contributed by atoms with van der Waals surface area (Å²) < 4.78 is 0. The zero-order valence-electron chi connectivity index (χ0n) is 17.1. The minimum Gasteiger partial charge on any atom is -0.356 e. The maximum atomic E-state index is 13.6. The molecular weight excluding hydrogens is 352 g/mol. The molecule has 1 saturated heterocycles. The Morgan fingerprint density at radius 2 is 1.93 bits per heavy atom. The summed E-state index contributed by atoms with van der Waals surface area (Å²) in [6, 6.07) is 8.16. The summed E-state index contributed by atoms with van der Waals surface area (Å²) in [7, 11) is 0. The molecule has 1 N–H and O–H groups in total. The molecule has 1 aromatic heterocycles. The van der Waals surface area contributed by atoms with E-state index in [1.807, 2.05) is 25.1 Å². The van der Waals surface area contributed by atoms with Crippen LogP contribution in [-0.4, -0.2) is 70.8 Å². The number of fused-ring (bicyclic) bond motifs is 5. The van der Waals surface area contributed by atoms with E-state index in [2.05, 4.69) is 29.8 Å². The van der Waals surface area contributed by atoms with Gasteiger partial charge in [-0.05, 0) is 51.0 Å². The Balaban J connectivity index is 1.64. The average molecular weight is 383 g/mol. The van der Waals surface area contributed by atoms with Crippen LogP contribution < -0.4 is 0 Å². The van der Waals surface area contributed by atoms with Crippen molar-refractivity contribution in [1.82, 2.24) is 19.7 Å². The third-order valence-electron chi connectivity index (χ3n) is 6.55. The van der Waals surface area contributed by atoms with Crippen molar-refractivity contribution in [2.45, 2.75) is 39.2 Å². The third kappa shape index (κ3) is 2.82. The second-order valence-electron chi connectivity index (χ2n) is 8.00. The van der Waals surface area contributed by atoms with Gasteiger partial charge in [0, 0.05) is 24.0 Å². The topological polar surface area (TPSA) is 59.6 Å². The van der Waals surface area contributed by atoms with E-state index in [1.165, 1.54) is 5.56 Å². The number of hydrogen-bond acceptors (Lipinski definition) is 3. The molecule has 0 radical (unpaired) electrons. The number of H-pyrrole nitrogens is 1. The molecule has 28 heavy (non-hydrogen) atoms. The lowest BCUT2D eigenvalue weighted by Gasteiger charge is -2.49. The maximum absolute atomic E-state index is 13.6. The number of aromatic nitrogens is 1. The number of hydrogen-bond donors (Lipinski definition) is 1. The molecule has 4 rings (SSSR count). The molecule has 2 aliphatic rings. The van der Waals surface area contributed by atoms with E-state index in [0.717, 1.165) is 49.1 Å². The molecule has 1 atom stereocenters. The largest absolute Gasteiger partial charge is 0.356 e. The highest BCUT2D eigenvalue weighted by molar-refractivity contribution is 6.00. The number of amides is 2. The summed E-state index contributed by atoms with van der Waals surface area (Å²) >= 11 is 0. The highest BCUT2D eigenvalue weighted by Crippen LogP contribution is 2.41. The lowest BCUT2D eigenvalue weighted by molar-refractivity contribution is -0.166. The van der Waals surface area contributed by atoms with Crippen molar-refractivity contribution in [3.05, 3.63) is 35.5 Å². The minimum atomic E-state index is -0.933. The monoisotopic (exact) mass is 382 g/mol. The number of para-hydroxylation sites is 1. The average Bonchev–Trinajstić information content (AvgIpc) is 3.09. The quantitative estimate of drug-likeness (QED) is 0.834. The van der Waals surface area contributed by atoms with Crippen molar-refractivity contribution in [2.75, 3.05) is 39.3 Å². The Labute approximate surface area is 166 Å². The SMILES string of the molecule is CCN(CC)CCCN1CC(=O)N2CCc3c([nH]c4ccccc34)[C@]2(C)C1=O. The lowest BCUT2D eigenvalue weighted by Crippen LogP contribution is -2.67. The van der Waals surface area contributed by atoms with Crippen LogP contribution in [0.25, 0.3) is 10.9 Å². The van der Waals surface area contributed by atoms with Crippen molar-refractivity contribution >= 4 is 22.7 Å². The van der Waals surface area contributed by atoms with Crippen LogP contribution in [0.2, 0.25) is 0 Å². The molecule has 1 aromatic carbocycles. The number of nitrogens with one attached hydrogen (secondary N) is 1. The molecule has 150 valence electrons. The van der Waals surface area contributed by atoms with Gasteiger partial charge >= 0.3 is 0 Å². The molecule has 0 spiro atoms. The van der Waals surface area contributed by atoms with Gasteiger partial charge in [0.1, 0.15) is 0 Å². The summed E-state index contributed by atoms with van der Waals surface area (Å²) in [4.78, 5) is 35.9. The zero-order chi connectivity index (χ0) is 19.9. The highest BCUT2D eigenvalue weighted by Gasteiger charge is 2.53. The second-order valence-corrected chi connectivity index (χ2v) is 8.00. The van der Waals surface area contributed by atoms with Crippen molar-refractivity contribution in [3.63, 3.8) is 0 Å². The van der Waals surface area contributed by atoms with Crippen molar-refractivity contribution in [2.24, 2.45) is 0 Å². The van der Waals surface area contributed by atoms with E-state index >= 15 is 0 Å². The standard InChI is InChI=1S/C22H30N4O2/c1-4-24(5-2)12-8-13-25-15-19(27)26-14-11-17-16-9-6-7-10-18(16)23-20(17)22(26,3)21(25)28/h6-7,9-10,23H,4-5,8,11-15H2,1-3H3/t22-/m1/s1. The Bertz CT molecular complexity index is 901. The van der Waals surface area contributed by atoms with Crippen LogP contribution in [0.5, 0.6) is 0 Å². The first-order valence-corrected chi connectivity index (χ1v) is 10.4. The van der Waals surface area contributed by atoms with Crippen LogP contribution in [-0.2, 0) is 21.5 Å². The van der Waals surface area contributed by atoms with Gasteiger partial charge in [-0.1, -0.05) is 32.0 Å². The normalized spacial score (nSPS) is 22.1. The Morgan fingerprint density at radius 3 is 2.68 bits per heavy atom. The van der Waals surface area contributed by atoms with E-state index < -0.39 is 5.54 Å². The number of benzene rings is 1. The van der Waals surface area contributed by atoms with Gasteiger partial charge in [0.15, 0.2) is 5.54 Å². The number of rotatable bonds is 6. The van der Waals surface area contributed by atoms with Crippen LogP contribution in [0.1, 0.15) is 38.4 Å². The fourth-order valence-corrected chi connectivity index (χ4v) is 4.89. The van der Waals surface area contributed by atoms with Gasteiger partial charge in [0.2, 0.25) is 5.91 Å². The molecule has 0 bridgehead atoms. The summed E-state index contributed by atoms with van der Waals surface area (Å²) in [6.07, 6.45) is 1.67. The van der Waals surface area contributed by atoms with E-state index in [0.29, 0.717) is 13.1 Å². The van der Waals surface area contributed by atoms with Crippen LogP contribution in [0.3, 0.4) is 0 Å².